The fourth-order valence-corrected chi connectivity index (χ4v) is 4.66. The number of amides is 1. The van der Waals surface area contributed by atoms with Gasteiger partial charge in [0.15, 0.2) is 0 Å². The Morgan fingerprint density at radius 3 is 2.45 bits per heavy atom. The Bertz CT molecular complexity index is 1190. The molecule has 0 aliphatic heterocycles. The summed E-state index contributed by atoms with van der Waals surface area (Å²) in [5.74, 6) is -0.0342. The zero-order valence-corrected chi connectivity index (χ0v) is 19.3. The van der Waals surface area contributed by atoms with Crippen molar-refractivity contribution >= 4 is 45.8 Å². The molecule has 1 aliphatic carbocycles. The first-order valence-electron chi connectivity index (χ1n) is 11.3. The van der Waals surface area contributed by atoms with Crippen LogP contribution in [-0.4, -0.2) is 45.5 Å². The van der Waals surface area contributed by atoms with Crippen molar-refractivity contribution in [3.8, 4) is 0 Å². The van der Waals surface area contributed by atoms with E-state index in [1.807, 2.05) is 0 Å². The van der Waals surface area contributed by atoms with E-state index in [2.05, 4.69) is 6.92 Å². The minimum atomic E-state index is -0.548. The zero-order chi connectivity index (χ0) is 23.5. The molecule has 0 spiro atoms. The molecule has 7 heteroatoms. The highest BCUT2D eigenvalue weighted by Crippen LogP contribution is 2.37. The molecule has 1 amide bonds. The summed E-state index contributed by atoms with van der Waals surface area (Å²) in [5.41, 5.74) is 2.33. The number of fused-ring (bicyclic) bond motifs is 3. The quantitative estimate of drug-likeness (QED) is 0.372. The SMILES string of the molecule is COCCN(C(=O)C1CCC(C)CC1)c1cc2c(cc1C(=O)OC)oc1ccc(C=O)cc12. The second kappa shape index (κ2) is 9.75. The number of aldehydes is 1. The van der Waals surface area contributed by atoms with Gasteiger partial charge < -0.3 is 18.8 Å². The lowest BCUT2D eigenvalue weighted by atomic mass is 9.82. The summed E-state index contributed by atoms with van der Waals surface area (Å²) in [7, 11) is 2.90. The summed E-state index contributed by atoms with van der Waals surface area (Å²) >= 11 is 0. The van der Waals surface area contributed by atoms with E-state index in [9.17, 15) is 14.4 Å². The van der Waals surface area contributed by atoms with Gasteiger partial charge in [0.1, 0.15) is 17.5 Å². The number of carbonyl (C=O) groups excluding carboxylic acids is 3. The zero-order valence-electron chi connectivity index (χ0n) is 19.3. The largest absolute Gasteiger partial charge is 0.465 e. The van der Waals surface area contributed by atoms with Crippen LogP contribution in [0.3, 0.4) is 0 Å². The Hall–Kier alpha value is -3.19. The fourth-order valence-electron chi connectivity index (χ4n) is 4.66. The summed E-state index contributed by atoms with van der Waals surface area (Å²) in [6.45, 7) is 2.85. The third-order valence-electron chi connectivity index (χ3n) is 6.59. The number of carbonyl (C=O) groups is 3. The van der Waals surface area contributed by atoms with Gasteiger partial charge in [0.2, 0.25) is 5.91 Å². The smallest absolute Gasteiger partial charge is 0.340 e. The van der Waals surface area contributed by atoms with Gasteiger partial charge in [-0.1, -0.05) is 6.92 Å². The van der Waals surface area contributed by atoms with Crippen LogP contribution in [0.4, 0.5) is 5.69 Å². The molecule has 0 atom stereocenters. The Morgan fingerprint density at radius 1 is 1.06 bits per heavy atom. The molecule has 7 nitrogen and oxygen atoms in total. The van der Waals surface area contributed by atoms with Crippen LogP contribution in [0.2, 0.25) is 0 Å². The number of esters is 1. The first-order chi connectivity index (χ1) is 16.0. The van der Waals surface area contributed by atoms with Crippen molar-refractivity contribution in [2.24, 2.45) is 11.8 Å². The Balaban J connectivity index is 1.87. The first kappa shape index (κ1) is 23.0. The number of anilines is 1. The number of ether oxygens (including phenoxy) is 2. The summed E-state index contributed by atoms with van der Waals surface area (Å²) in [6.07, 6.45) is 4.46. The Morgan fingerprint density at radius 2 is 1.79 bits per heavy atom. The molecule has 1 aliphatic rings. The molecule has 3 aromatic rings. The average molecular weight is 452 g/mol. The van der Waals surface area contributed by atoms with Gasteiger partial charge in [0, 0.05) is 35.9 Å². The van der Waals surface area contributed by atoms with E-state index >= 15 is 0 Å². The van der Waals surface area contributed by atoms with Gasteiger partial charge in [-0.3, -0.25) is 9.59 Å². The third kappa shape index (κ3) is 4.50. The van der Waals surface area contributed by atoms with Gasteiger partial charge in [-0.15, -0.1) is 0 Å². The van der Waals surface area contributed by atoms with E-state index in [4.69, 9.17) is 13.9 Å². The van der Waals surface area contributed by atoms with Crippen LogP contribution in [0.25, 0.3) is 21.9 Å². The highest BCUT2D eigenvalue weighted by Gasteiger charge is 2.31. The van der Waals surface area contributed by atoms with E-state index in [0.29, 0.717) is 41.5 Å². The van der Waals surface area contributed by atoms with Gasteiger partial charge in [0.25, 0.3) is 0 Å². The normalized spacial score (nSPS) is 18.4. The summed E-state index contributed by atoms with van der Waals surface area (Å²) in [5, 5.41) is 1.47. The lowest BCUT2D eigenvalue weighted by Crippen LogP contribution is -2.40. The molecule has 0 saturated heterocycles. The van der Waals surface area contributed by atoms with E-state index in [0.717, 1.165) is 42.7 Å². The molecule has 4 rings (SSSR count). The third-order valence-corrected chi connectivity index (χ3v) is 6.59. The van der Waals surface area contributed by atoms with E-state index in [1.54, 1.807) is 42.3 Å². The molecule has 174 valence electrons. The first-order valence-corrected chi connectivity index (χ1v) is 11.3. The predicted molar refractivity (Wildman–Crippen MR) is 126 cm³/mol. The van der Waals surface area contributed by atoms with Gasteiger partial charge in [-0.25, -0.2) is 4.79 Å². The molecule has 0 N–H and O–H groups in total. The minimum absolute atomic E-state index is 0.00941. The minimum Gasteiger partial charge on any atom is -0.465 e. The second-order valence-corrected chi connectivity index (χ2v) is 8.77. The number of hydrogen-bond donors (Lipinski definition) is 0. The van der Waals surface area contributed by atoms with Gasteiger partial charge >= 0.3 is 5.97 Å². The number of rotatable bonds is 7. The molecule has 1 heterocycles. The van der Waals surface area contributed by atoms with Crippen LogP contribution < -0.4 is 4.90 Å². The van der Waals surface area contributed by atoms with Crippen LogP contribution in [-0.2, 0) is 14.3 Å². The number of furan rings is 1. The fraction of sp³-hybridized carbons (Fsp3) is 0.423. The van der Waals surface area contributed by atoms with Crippen molar-refractivity contribution in [1.29, 1.82) is 0 Å². The van der Waals surface area contributed by atoms with Crippen LogP contribution in [0.1, 0.15) is 53.3 Å². The molecular formula is C26H29NO6. The van der Waals surface area contributed by atoms with Gasteiger partial charge in [-0.2, -0.15) is 0 Å². The molecular weight excluding hydrogens is 422 g/mol. The number of hydrogen-bond acceptors (Lipinski definition) is 6. The van der Waals surface area contributed by atoms with E-state index in [1.165, 1.54) is 7.11 Å². The van der Waals surface area contributed by atoms with Crippen molar-refractivity contribution in [2.75, 3.05) is 32.3 Å². The van der Waals surface area contributed by atoms with Crippen LogP contribution in [0.5, 0.6) is 0 Å². The maximum atomic E-state index is 13.7. The molecule has 1 aromatic heterocycles. The van der Waals surface area contributed by atoms with Crippen molar-refractivity contribution in [1.82, 2.24) is 0 Å². The Labute approximate surface area is 192 Å². The average Bonchev–Trinajstić information content (AvgIpc) is 3.20. The highest BCUT2D eigenvalue weighted by molar-refractivity contribution is 6.13. The lowest BCUT2D eigenvalue weighted by molar-refractivity contribution is -0.123. The van der Waals surface area contributed by atoms with Crippen molar-refractivity contribution in [3.05, 3.63) is 41.5 Å². The molecule has 1 saturated carbocycles. The molecule has 33 heavy (non-hydrogen) atoms. The van der Waals surface area contributed by atoms with Crippen LogP contribution in [0, 0.1) is 11.8 Å². The number of methoxy groups -OCH3 is 2. The summed E-state index contributed by atoms with van der Waals surface area (Å²) in [4.78, 5) is 39.4. The van der Waals surface area contributed by atoms with E-state index in [-0.39, 0.29) is 17.4 Å². The predicted octanol–water partition coefficient (Wildman–Crippen LogP) is 4.99. The van der Waals surface area contributed by atoms with Crippen LogP contribution >= 0.6 is 0 Å². The standard InChI is InChI=1S/C26H29NO6/c1-16-4-7-18(8-5-16)25(29)27(10-11-31-2)22-13-20-19-12-17(15-28)6-9-23(19)33-24(20)14-21(22)26(30)32-3/h6,9,12-16,18H,4-5,7-8,10-11H2,1-3H3. The summed E-state index contributed by atoms with van der Waals surface area (Å²) in [6, 6.07) is 8.57. The number of benzene rings is 2. The second-order valence-electron chi connectivity index (χ2n) is 8.77. The summed E-state index contributed by atoms with van der Waals surface area (Å²) < 4.78 is 16.3. The number of nitrogens with zero attached hydrogens (tertiary/aromatic N) is 1. The molecule has 0 unspecified atom stereocenters. The maximum absolute atomic E-state index is 13.7. The van der Waals surface area contributed by atoms with Crippen molar-refractivity contribution < 1.29 is 28.3 Å². The van der Waals surface area contributed by atoms with Crippen molar-refractivity contribution in [3.63, 3.8) is 0 Å². The van der Waals surface area contributed by atoms with Gasteiger partial charge in [-0.05, 0) is 61.9 Å². The molecule has 2 aromatic carbocycles. The maximum Gasteiger partial charge on any atom is 0.340 e. The van der Waals surface area contributed by atoms with E-state index < -0.39 is 5.97 Å². The monoisotopic (exact) mass is 451 g/mol. The molecule has 0 radical (unpaired) electrons. The molecule has 1 fully saturated rings. The lowest BCUT2D eigenvalue weighted by Gasteiger charge is -2.32. The molecule has 0 bridgehead atoms. The Kier molecular flexibility index (Phi) is 6.79. The highest BCUT2D eigenvalue weighted by atomic mass is 16.5. The van der Waals surface area contributed by atoms with Crippen LogP contribution in [0.15, 0.2) is 34.7 Å². The van der Waals surface area contributed by atoms with Crippen molar-refractivity contribution in [2.45, 2.75) is 32.6 Å². The topological polar surface area (TPSA) is 86.1 Å². The van der Waals surface area contributed by atoms with Gasteiger partial charge in [0.05, 0.1) is 25.0 Å².